The second kappa shape index (κ2) is 43.2. The van der Waals surface area contributed by atoms with Gasteiger partial charge in [0, 0.05) is 85.2 Å². The number of ketones is 3. The molecule has 3 fully saturated rings. The number of carboxylic acid groups (broad SMARTS) is 4. The van der Waals surface area contributed by atoms with Crippen molar-refractivity contribution in [1.29, 1.82) is 5.41 Å². The summed E-state index contributed by atoms with van der Waals surface area (Å²) in [6.45, 7) is 7.86. The van der Waals surface area contributed by atoms with Crippen molar-refractivity contribution < 1.29 is 131 Å². The van der Waals surface area contributed by atoms with Crippen molar-refractivity contribution >= 4 is 139 Å². The number of guanidine groups is 1. The second-order valence-corrected chi connectivity index (χ2v) is 35.3. The Hall–Kier alpha value is -13.3. The van der Waals surface area contributed by atoms with Gasteiger partial charge in [-0.3, -0.25) is 63.1 Å². The van der Waals surface area contributed by atoms with Crippen molar-refractivity contribution in [3.05, 3.63) is 171 Å². The summed E-state index contributed by atoms with van der Waals surface area (Å²) in [5.41, 5.74) is 3.93. The largest absolute Gasteiger partial charge is 0.508 e. The average molecular weight is 1840 g/mol. The summed E-state index contributed by atoms with van der Waals surface area (Å²) in [5.74, 6) is -23.9. The summed E-state index contributed by atoms with van der Waals surface area (Å²) >= 11 is 0. The van der Waals surface area contributed by atoms with Crippen LogP contribution in [0.2, 0.25) is 0 Å². The lowest BCUT2D eigenvalue weighted by molar-refractivity contribution is -0.345. The molecule has 4 amide bonds. The Morgan fingerprint density at radius 1 is 0.715 bits per heavy atom. The van der Waals surface area contributed by atoms with Gasteiger partial charge >= 0.3 is 47.9 Å². The molecule has 0 spiro atoms. The summed E-state index contributed by atoms with van der Waals surface area (Å²) in [5, 5.41) is 89.3. The minimum Gasteiger partial charge on any atom is -0.481 e. The van der Waals surface area contributed by atoms with Crippen LogP contribution in [0.15, 0.2) is 137 Å². The van der Waals surface area contributed by atoms with E-state index in [4.69, 9.17) is 45.3 Å². The molecule has 43 heteroatoms. The molecule has 10 rings (SSSR count). The van der Waals surface area contributed by atoms with E-state index in [-0.39, 0.29) is 83.1 Å². The Kier molecular flexibility index (Phi) is 32.9. The number of aromatic amines is 1. The molecule has 1 aliphatic heterocycles. The number of amides is 4. The lowest BCUT2D eigenvalue weighted by Gasteiger charge is -2.67. The Morgan fingerprint density at radius 3 is 1.92 bits per heavy atom. The quantitative estimate of drug-likeness (QED) is 0.00483. The van der Waals surface area contributed by atoms with Crippen LogP contribution in [-0.4, -0.2) is 237 Å². The zero-order valence-corrected chi connectivity index (χ0v) is 73.0. The van der Waals surface area contributed by atoms with Crippen LogP contribution in [0.3, 0.4) is 0 Å². The minimum atomic E-state index is -2.47. The molecule has 3 heterocycles. The van der Waals surface area contributed by atoms with Gasteiger partial charge in [0.1, 0.15) is 60.3 Å². The van der Waals surface area contributed by atoms with Crippen LogP contribution in [0.4, 0.5) is 16.4 Å². The fourth-order valence-corrected chi connectivity index (χ4v) is 19.1. The van der Waals surface area contributed by atoms with Crippen LogP contribution in [0.25, 0.3) is 11.2 Å². The van der Waals surface area contributed by atoms with Gasteiger partial charge in [-0.2, -0.15) is 4.98 Å². The van der Waals surface area contributed by atoms with Gasteiger partial charge in [0.05, 0.1) is 78.7 Å². The molecule has 2 saturated carbocycles. The van der Waals surface area contributed by atoms with Crippen LogP contribution in [0, 0.1) is 39.9 Å². The molecule has 6 aromatic rings. The molecule has 2 unspecified atom stereocenters. The predicted octanol–water partition coefficient (Wildman–Crippen LogP) is 4.28. The first-order valence-electron chi connectivity index (χ1n) is 41.3. The fourth-order valence-electron chi connectivity index (χ4n) is 17.2. The van der Waals surface area contributed by atoms with Crippen LogP contribution in [0.1, 0.15) is 154 Å². The number of carbonyl (C=O) groups is 15. The molecule has 694 valence electrons. The summed E-state index contributed by atoms with van der Waals surface area (Å²) in [6, 6.07) is 22.8. The highest BCUT2D eigenvalue weighted by molar-refractivity contribution is 8.76. The van der Waals surface area contributed by atoms with E-state index >= 15 is 4.79 Å². The van der Waals surface area contributed by atoms with Crippen LogP contribution in [-0.2, 0) is 87.7 Å². The average Bonchev–Trinajstić information content (AvgIpc) is 0.666. The normalized spacial score (nSPS) is 22.2. The Labute approximate surface area is 750 Å². The molecule has 130 heavy (non-hydrogen) atoms. The van der Waals surface area contributed by atoms with Gasteiger partial charge in [0.15, 0.2) is 34.6 Å². The lowest BCUT2D eigenvalue weighted by Crippen LogP contribution is -2.81. The SMILES string of the molecule is CC(=O)O[C@@]12CO[C@@H]1C[C@H](OC(=O)OCCSSC[C@H](NC(=O)[C@H](CC(=O)O)CC(=O)[C@H](CCCNC(=N)N)NC(=O)C(CC(=O)O)CC(=O)CC[C@H](NC(=O)c1ccc(NCc3cnc4nc(N)[nH]c(=O)c4n3)cc1)C(=O)O)C(=O)O)[C@@]1(C)C(=O)[C@H](C)C3=C(C)[C@@H](OC(=O)[C@H](O)[C@@H](NC(=O)c4ccccc4)c4ccccc4)C[C@@](O)([C@@H](OC(=O)c4ccccc4)C12)C3(C)C. The summed E-state index contributed by atoms with van der Waals surface area (Å²) in [7, 11) is 1.75. The van der Waals surface area contributed by atoms with Gasteiger partial charge < -0.3 is 102 Å². The highest BCUT2D eigenvalue weighted by Gasteiger charge is 2.78. The molecular weight excluding hydrogens is 1740 g/mol. The number of aromatic nitrogens is 4. The molecule has 41 nitrogen and oxygen atoms in total. The maximum atomic E-state index is 16.3. The number of rotatable bonds is 43. The highest BCUT2D eigenvalue weighted by atomic mass is 33.1. The minimum absolute atomic E-state index is 0.00229. The zero-order chi connectivity index (χ0) is 94.9. The number of aliphatic hydroxyl groups is 2. The summed E-state index contributed by atoms with van der Waals surface area (Å²) in [4.78, 5) is 233. The number of anilines is 2. The zero-order valence-electron chi connectivity index (χ0n) is 71.3. The van der Waals surface area contributed by atoms with Crippen molar-refractivity contribution in [2.24, 2.45) is 40.2 Å². The van der Waals surface area contributed by atoms with E-state index in [0.29, 0.717) is 16.9 Å². The number of carboxylic acids is 4. The van der Waals surface area contributed by atoms with Gasteiger partial charge in [0.2, 0.25) is 17.8 Å². The number of Topliss-reactive ketones (excluding diaryl/α,β-unsaturated/α-hetero) is 3. The first-order chi connectivity index (χ1) is 61.6. The number of fused-ring (bicyclic) bond motifs is 6. The van der Waals surface area contributed by atoms with Crippen molar-refractivity contribution in [2.75, 3.05) is 42.3 Å². The van der Waals surface area contributed by atoms with E-state index < -0.39 is 265 Å². The Morgan fingerprint density at radius 2 is 1.32 bits per heavy atom. The molecule has 4 aromatic carbocycles. The number of hydrogen-bond acceptors (Lipinski definition) is 32. The van der Waals surface area contributed by atoms with Gasteiger partial charge in [-0.05, 0) is 98.4 Å². The standard InChI is InChI=1S/C87H101N13O28S2/c1-43-59(125-80(120)67(108)65(46-17-10-7-11-18-46)98-73(111)47-19-12-8-13-20-47)38-87(122)70(127-79(119)49-21-14-9-15-22-49)68-85(6,69(109)44(2)64(43)84(87,4)5)60(37-61-86(68,42-124-61)128-45(3)101)126-83(121)123-31-32-129-130-41-57(78(117)118)97-75(113)51(36-63(106)107)34-58(103)55(23-16-30-91-81(88)89)95-74(112)50(35-62(104)105)33-54(102)28-29-56(77(115)116)96-72(110)48-24-26-52(27-25-48)92-39-53-40-93-71-66(94-53)76(114)100-82(90)99-71/h7-15,17-22,24-27,40,44,50-51,55-57,59-61,65,67-68,70,92,108,122H,16,23,28-39,41-42H2,1-6H3,(H,95,112)(H,96,110)(H,97,113)(H,98,111)(H,104,105)(H,106,107)(H,115,116)(H,117,118)(H4,88,89,91)(H3,90,93,99,100,114)/t44-,50?,51+,55+,56+,57+,59+,60+,61-,65+,67-,68?,70+,85-,86+,87-/m1/s1. The fraction of sp³-hybridized carbons (Fsp3) is 0.448. The van der Waals surface area contributed by atoms with Crippen molar-refractivity contribution in [1.82, 2.24) is 46.5 Å². The number of aliphatic hydroxyl groups excluding tert-OH is 1. The van der Waals surface area contributed by atoms with Crippen molar-refractivity contribution in [2.45, 2.75) is 178 Å². The topological polar surface area (TPSA) is 652 Å². The van der Waals surface area contributed by atoms with Gasteiger partial charge in [-0.1, -0.05) is 109 Å². The number of H-pyrrole nitrogens is 1. The van der Waals surface area contributed by atoms with Gasteiger partial charge in [-0.15, -0.1) is 0 Å². The van der Waals surface area contributed by atoms with E-state index in [2.05, 4.69) is 51.8 Å². The number of carbonyl (C=O) groups excluding carboxylic acids is 11. The molecule has 16 atom stereocenters. The monoisotopic (exact) mass is 1840 g/mol. The molecule has 2 aromatic heterocycles. The molecule has 4 aliphatic rings. The third kappa shape index (κ3) is 23.6. The molecule has 18 N–H and O–H groups in total. The smallest absolute Gasteiger partial charge is 0.481 e. The number of nitrogens with zero attached hydrogens (tertiary/aromatic N) is 3. The molecule has 0 radical (unpaired) electrons. The Bertz CT molecular complexity index is 5380. The van der Waals surface area contributed by atoms with E-state index in [9.17, 15) is 103 Å². The lowest BCUT2D eigenvalue weighted by atomic mass is 9.43. The maximum absolute atomic E-state index is 16.3. The summed E-state index contributed by atoms with van der Waals surface area (Å²) in [6.07, 6.45) is -14.9. The highest BCUT2D eigenvalue weighted by Crippen LogP contribution is 2.66. The van der Waals surface area contributed by atoms with E-state index in [0.717, 1.165) is 28.5 Å². The number of ether oxygens (including phenoxy) is 6. The van der Waals surface area contributed by atoms with Crippen LogP contribution < -0.4 is 48.9 Å². The Balaban J connectivity index is 0.778. The summed E-state index contributed by atoms with van der Waals surface area (Å²) < 4.78 is 36.9. The van der Waals surface area contributed by atoms with Crippen molar-refractivity contribution in [3.63, 3.8) is 0 Å². The maximum Gasteiger partial charge on any atom is 0.508 e. The first-order valence-corrected chi connectivity index (χ1v) is 43.8. The third-order valence-electron chi connectivity index (χ3n) is 23.7. The van der Waals surface area contributed by atoms with Crippen LogP contribution >= 0.6 is 21.6 Å². The molecule has 2 bridgehead atoms. The van der Waals surface area contributed by atoms with E-state index in [1.165, 1.54) is 68.6 Å². The van der Waals surface area contributed by atoms with E-state index in [1.807, 2.05) is 0 Å². The third-order valence-corrected chi connectivity index (χ3v) is 26.0. The number of benzene rings is 4. The molecular formula is C87H101N13O28S2. The van der Waals surface area contributed by atoms with Gasteiger partial charge in [0.25, 0.3) is 17.4 Å². The molecule has 3 aliphatic carbocycles. The number of nitrogen functional groups attached to an aromatic ring is 1. The first kappa shape index (κ1) is 98.9. The van der Waals surface area contributed by atoms with Crippen LogP contribution in [0.5, 0.6) is 0 Å². The van der Waals surface area contributed by atoms with Crippen molar-refractivity contribution in [3.8, 4) is 0 Å². The molecule has 1 saturated heterocycles. The number of hydrogen-bond donors (Lipinski definition) is 16. The number of nitrogens with one attached hydrogen (secondary N) is 8. The number of nitrogens with two attached hydrogens (primary N) is 2. The number of esters is 3. The second-order valence-electron chi connectivity index (χ2n) is 32.6. The van der Waals surface area contributed by atoms with Gasteiger partial charge in [-0.25, -0.2) is 33.9 Å². The van der Waals surface area contributed by atoms with E-state index in [1.54, 1.807) is 87.5 Å². The number of aliphatic carboxylic acids is 4. The predicted molar refractivity (Wildman–Crippen MR) is 462 cm³/mol.